The molecular formula is C8H9ClF3N3O. The molecule has 0 atom stereocenters. The van der Waals surface area contributed by atoms with Gasteiger partial charge in [-0.1, -0.05) is 11.6 Å². The van der Waals surface area contributed by atoms with E-state index >= 15 is 0 Å². The second-order valence-electron chi connectivity index (χ2n) is 2.95. The second-order valence-corrected chi connectivity index (χ2v) is 3.32. The number of nitrogens with two attached hydrogens (primary N) is 1. The highest BCUT2D eigenvalue weighted by atomic mass is 35.5. The summed E-state index contributed by atoms with van der Waals surface area (Å²) in [5.41, 5.74) is 5.35. The first-order valence-electron chi connectivity index (χ1n) is 4.35. The third-order valence-corrected chi connectivity index (χ3v) is 1.98. The van der Waals surface area contributed by atoms with E-state index in [1.165, 1.54) is 0 Å². The molecule has 8 heteroatoms. The summed E-state index contributed by atoms with van der Waals surface area (Å²) in [5, 5.41) is 0.00880. The van der Waals surface area contributed by atoms with Gasteiger partial charge in [0.15, 0.2) is 0 Å². The molecule has 0 saturated heterocycles. The van der Waals surface area contributed by atoms with E-state index in [-0.39, 0.29) is 29.7 Å². The van der Waals surface area contributed by atoms with Gasteiger partial charge >= 0.3 is 6.18 Å². The van der Waals surface area contributed by atoms with E-state index in [9.17, 15) is 13.2 Å². The molecule has 2 N–H and O–H groups in total. The van der Waals surface area contributed by atoms with Crippen LogP contribution in [0.3, 0.4) is 0 Å². The number of aromatic nitrogens is 2. The Hall–Kier alpha value is -1.24. The molecular weight excluding hydrogens is 247 g/mol. The highest BCUT2D eigenvalue weighted by Gasteiger charge is 2.26. The molecule has 0 aliphatic rings. The van der Waals surface area contributed by atoms with E-state index in [4.69, 9.17) is 22.1 Å². The summed E-state index contributed by atoms with van der Waals surface area (Å²) < 4.78 is 40.3. The highest BCUT2D eigenvalue weighted by Crippen LogP contribution is 2.26. The number of hydrogen-bond donors (Lipinski definition) is 1. The van der Waals surface area contributed by atoms with Gasteiger partial charge in [-0.05, 0) is 6.42 Å². The maximum Gasteiger partial charge on any atom is 0.389 e. The SMILES string of the molecule is Nc1ncnc(OCCCC(F)(F)F)c1Cl. The van der Waals surface area contributed by atoms with Crippen molar-refractivity contribution in [2.75, 3.05) is 12.3 Å². The van der Waals surface area contributed by atoms with Crippen molar-refractivity contribution in [3.05, 3.63) is 11.3 Å². The summed E-state index contributed by atoms with van der Waals surface area (Å²) in [7, 11) is 0. The van der Waals surface area contributed by atoms with Gasteiger partial charge < -0.3 is 10.5 Å². The molecule has 0 aliphatic heterocycles. The molecule has 16 heavy (non-hydrogen) atoms. The average molecular weight is 256 g/mol. The molecule has 0 fully saturated rings. The van der Waals surface area contributed by atoms with Gasteiger partial charge in [-0.25, -0.2) is 9.97 Å². The minimum Gasteiger partial charge on any atom is -0.476 e. The van der Waals surface area contributed by atoms with Gasteiger partial charge in [-0.2, -0.15) is 13.2 Å². The van der Waals surface area contributed by atoms with Gasteiger partial charge in [-0.15, -0.1) is 0 Å². The molecule has 0 saturated carbocycles. The van der Waals surface area contributed by atoms with E-state index < -0.39 is 12.6 Å². The Bertz CT molecular complexity index is 359. The summed E-state index contributed by atoms with van der Waals surface area (Å²) in [6.45, 7) is -0.129. The van der Waals surface area contributed by atoms with E-state index in [2.05, 4.69) is 9.97 Å². The average Bonchev–Trinajstić information content (AvgIpc) is 2.17. The monoisotopic (exact) mass is 255 g/mol. The van der Waals surface area contributed by atoms with Crippen LogP contribution in [0.4, 0.5) is 19.0 Å². The molecule has 1 heterocycles. The van der Waals surface area contributed by atoms with Crippen molar-refractivity contribution >= 4 is 17.4 Å². The molecule has 0 radical (unpaired) electrons. The molecule has 0 spiro atoms. The summed E-state index contributed by atoms with van der Waals surface area (Å²) in [4.78, 5) is 7.23. The third kappa shape index (κ3) is 4.09. The predicted molar refractivity (Wildman–Crippen MR) is 52.2 cm³/mol. The van der Waals surface area contributed by atoms with Crippen molar-refractivity contribution in [3.8, 4) is 5.88 Å². The number of halogens is 4. The first kappa shape index (κ1) is 12.8. The standard InChI is InChI=1S/C8H9ClF3N3O/c9-5-6(13)14-4-15-7(5)16-3-1-2-8(10,11)12/h4H,1-3H2,(H2,13,14,15). The minimum atomic E-state index is -4.18. The largest absolute Gasteiger partial charge is 0.476 e. The van der Waals surface area contributed by atoms with E-state index in [1.54, 1.807) is 0 Å². The lowest BCUT2D eigenvalue weighted by Crippen LogP contribution is -2.10. The molecule has 1 aromatic heterocycles. The number of rotatable bonds is 4. The zero-order chi connectivity index (χ0) is 12.2. The van der Waals surface area contributed by atoms with Gasteiger partial charge in [0.1, 0.15) is 17.2 Å². The molecule has 1 aromatic rings. The van der Waals surface area contributed by atoms with Gasteiger partial charge in [0.2, 0.25) is 5.88 Å². The number of ether oxygens (including phenoxy) is 1. The van der Waals surface area contributed by atoms with Crippen molar-refractivity contribution in [2.45, 2.75) is 19.0 Å². The maximum atomic E-state index is 11.8. The maximum absolute atomic E-state index is 11.8. The fraction of sp³-hybridized carbons (Fsp3) is 0.500. The van der Waals surface area contributed by atoms with Crippen LogP contribution in [0, 0.1) is 0 Å². The quantitative estimate of drug-likeness (QED) is 0.840. The Morgan fingerprint density at radius 1 is 1.38 bits per heavy atom. The second kappa shape index (κ2) is 5.20. The predicted octanol–water partition coefficient (Wildman–Crippen LogP) is 2.43. The first-order chi connectivity index (χ1) is 7.40. The number of nitrogen functional groups attached to an aromatic ring is 1. The Balaban J connectivity index is 2.41. The topological polar surface area (TPSA) is 61.0 Å². The number of hydrogen-bond acceptors (Lipinski definition) is 4. The Morgan fingerprint density at radius 2 is 2.06 bits per heavy atom. The lowest BCUT2D eigenvalue weighted by atomic mass is 10.3. The van der Waals surface area contributed by atoms with Crippen LogP contribution < -0.4 is 10.5 Å². The Morgan fingerprint density at radius 3 is 2.69 bits per heavy atom. The number of alkyl halides is 3. The molecule has 1 rings (SSSR count). The van der Waals surface area contributed by atoms with Crippen molar-refractivity contribution in [1.29, 1.82) is 0 Å². The molecule has 0 unspecified atom stereocenters. The first-order valence-corrected chi connectivity index (χ1v) is 4.73. The summed E-state index contributed by atoms with van der Waals surface area (Å²) in [5.74, 6) is 0.0267. The normalized spacial score (nSPS) is 11.5. The molecule has 0 aromatic carbocycles. The summed E-state index contributed by atoms with van der Waals surface area (Å²) >= 11 is 5.66. The molecule has 0 aliphatic carbocycles. The van der Waals surface area contributed by atoms with Crippen LogP contribution in [-0.4, -0.2) is 22.8 Å². The lowest BCUT2D eigenvalue weighted by Gasteiger charge is -2.08. The van der Waals surface area contributed by atoms with Crippen molar-refractivity contribution in [3.63, 3.8) is 0 Å². The molecule has 0 bridgehead atoms. The van der Waals surface area contributed by atoms with Gasteiger partial charge in [-0.3, -0.25) is 0 Å². The van der Waals surface area contributed by atoms with Gasteiger partial charge in [0, 0.05) is 6.42 Å². The van der Waals surface area contributed by atoms with E-state index in [1.807, 2.05) is 0 Å². The highest BCUT2D eigenvalue weighted by molar-refractivity contribution is 6.33. The van der Waals surface area contributed by atoms with Crippen molar-refractivity contribution in [1.82, 2.24) is 9.97 Å². The van der Waals surface area contributed by atoms with Crippen LogP contribution in [0.1, 0.15) is 12.8 Å². The zero-order valence-electron chi connectivity index (χ0n) is 8.09. The lowest BCUT2D eigenvalue weighted by molar-refractivity contribution is -0.136. The van der Waals surface area contributed by atoms with Gasteiger partial charge in [0.25, 0.3) is 0 Å². The minimum absolute atomic E-state index is 0.00339. The van der Waals surface area contributed by atoms with Crippen LogP contribution >= 0.6 is 11.6 Å². The van der Waals surface area contributed by atoms with Crippen molar-refractivity contribution in [2.24, 2.45) is 0 Å². The third-order valence-electron chi connectivity index (χ3n) is 1.63. The molecule has 0 amide bonds. The van der Waals surface area contributed by atoms with Crippen LogP contribution in [0.2, 0.25) is 5.02 Å². The summed E-state index contributed by atoms with van der Waals surface area (Å²) in [6.07, 6.45) is -4.13. The van der Waals surface area contributed by atoms with Crippen LogP contribution in [0.5, 0.6) is 5.88 Å². The van der Waals surface area contributed by atoms with Gasteiger partial charge in [0.05, 0.1) is 6.61 Å². The fourth-order valence-corrected chi connectivity index (χ4v) is 1.06. The van der Waals surface area contributed by atoms with Crippen LogP contribution in [0.25, 0.3) is 0 Å². The van der Waals surface area contributed by atoms with E-state index in [0.29, 0.717) is 0 Å². The summed E-state index contributed by atoms with van der Waals surface area (Å²) in [6, 6.07) is 0. The smallest absolute Gasteiger partial charge is 0.389 e. The van der Waals surface area contributed by atoms with Crippen LogP contribution in [0.15, 0.2) is 6.33 Å². The Kier molecular flexibility index (Phi) is 4.17. The fourth-order valence-electron chi connectivity index (χ4n) is 0.908. The zero-order valence-corrected chi connectivity index (χ0v) is 8.85. The number of nitrogens with zero attached hydrogens (tertiary/aromatic N) is 2. The van der Waals surface area contributed by atoms with Crippen LogP contribution in [-0.2, 0) is 0 Å². The Labute approximate surface area is 94.6 Å². The van der Waals surface area contributed by atoms with E-state index in [0.717, 1.165) is 6.33 Å². The van der Waals surface area contributed by atoms with Crippen molar-refractivity contribution < 1.29 is 17.9 Å². The number of anilines is 1. The molecule has 4 nitrogen and oxygen atoms in total. The molecule has 90 valence electrons.